The highest BCUT2D eigenvalue weighted by Crippen LogP contribution is 2.28. The Bertz CT molecular complexity index is 272. The number of nitrogens with one attached hydrogen (secondary N) is 1. The number of hydrogen-bond donors (Lipinski definition) is 2. The van der Waals surface area contributed by atoms with Crippen LogP contribution in [0.15, 0.2) is 0 Å². The Morgan fingerprint density at radius 2 is 1.94 bits per heavy atom. The molecule has 0 atom stereocenters. The summed E-state index contributed by atoms with van der Waals surface area (Å²) in [6.07, 6.45) is 4.51. The predicted octanol–water partition coefficient (Wildman–Crippen LogP) is 1.42. The molecule has 2 N–H and O–H groups in total. The molecule has 104 valence electrons. The molecule has 0 bridgehead atoms. The molecular weight excluding hydrogens is 234 g/mol. The summed E-state index contributed by atoms with van der Waals surface area (Å²) < 4.78 is 4.89. The molecular formula is C13H23NO4. The Morgan fingerprint density at radius 1 is 1.28 bits per heavy atom. The van der Waals surface area contributed by atoms with Gasteiger partial charge in [0.05, 0.1) is 5.92 Å². The highest BCUT2D eigenvalue weighted by atomic mass is 16.5. The van der Waals surface area contributed by atoms with E-state index in [1.165, 1.54) is 0 Å². The van der Waals surface area contributed by atoms with Crippen LogP contribution in [-0.2, 0) is 14.3 Å². The minimum atomic E-state index is -0.683. The molecule has 0 saturated heterocycles. The van der Waals surface area contributed by atoms with Gasteiger partial charge in [-0.25, -0.2) is 0 Å². The van der Waals surface area contributed by atoms with Crippen molar-refractivity contribution in [2.75, 3.05) is 20.3 Å². The molecule has 1 aliphatic rings. The normalized spacial score (nSPS) is 23.6. The lowest BCUT2D eigenvalue weighted by Gasteiger charge is -2.26. The van der Waals surface area contributed by atoms with E-state index in [0.717, 1.165) is 32.1 Å². The Kier molecular flexibility index (Phi) is 6.72. The molecule has 5 heteroatoms. The fourth-order valence-corrected chi connectivity index (χ4v) is 2.34. The maximum atomic E-state index is 11.5. The van der Waals surface area contributed by atoms with Gasteiger partial charge < -0.3 is 15.2 Å². The lowest BCUT2D eigenvalue weighted by atomic mass is 9.82. The van der Waals surface area contributed by atoms with Crippen LogP contribution in [0.2, 0.25) is 0 Å². The highest BCUT2D eigenvalue weighted by molar-refractivity contribution is 5.75. The molecule has 0 heterocycles. The minimum absolute atomic E-state index is 0.0624. The Balaban J connectivity index is 2.10. The maximum Gasteiger partial charge on any atom is 0.306 e. The SMILES string of the molecule is COCCCC(=O)NCC1CCC(C(=O)O)CC1. The number of aliphatic carboxylic acids is 1. The average molecular weight is 257 g/mol. The van der Waals surface area contributed by atoms with Crippen molar-refractivity contribution < 1.29 is 19.4 Å². The summed E-state index contributed by atoms with van der Waals surface area (Å²) in [7, 11) is 1.62. The summed E-state index contributed by atoms with van der Waals surface area (Å²) in [6, 6.07) is 0. The third-order valence-corrected chi connectivity index (χ3v) is 3.54. The first-order valence-electron chi connectivity index (χ1n) is 6.62. The Hall–Kier alpha value is -1.10. The maximum absolute atomic E-state index is 11.5. The van der Waals surface area contributed by atoms with Gasteiger partial charge in [-0.2, -0.15) is 0 Å². The Morgan fingerprint density at radius 3 is 2.50 bits per heavy atom. The van der Waals surface area contributed by atoms with Crippen LogP contribution in [0, 0.1) is 11.8 Å². The number of ether oxygens (including phenoxy) is 1. The van der Waals surface area contributed by atoms with Crippen LogP contribution in [0.1, 0.15) is 38.5 Å². The molecule has 1 fully saturated rings. The first kappa shape index (κ1) is 15.0. The van der Waals surface area contributed by atoms with Gasteiger partial charge in [0.15, 0.2) is 0 Å². The third-order valence-electron chi connectivity index (χ3n) is 3.54. The zero-order valence-corrected chi connectivity index (χ0v) is 11.0. The van der Waals surface area contributed by atoms with Crippen molar-refractivity contribution in [3.8, 4) is 0 Å². The number of carbonyl (C=O) groups is 2. The average Bonchev–Trinajstić information content (AvgIpc) is 2.37. The van der Waals surface area contributed by atoms with E-state index in [1.807, 2.05) is 0 Å². The van der Waals surface area contributed by atoms with Crippen molar-refractivity contribution in [1.29, 1.82) is 0 Å². The molecule has 0 aliphatic heterocycles. The number of hydrogen-bond acceptors (Lipinski definition) is 3. The van der Waals surface area contributed by atoms with Crippen molar-refractivity contribution in [3.05, 3.63) is 0 Å². The van der Waals surface area contributed by atoms with Crippen LogP contribution in [0.5, 0.6) is 0 Å². The van der Waals surface area contributed by atoms with Gasteiger partial charge in [-0.15, -0.1) is 0 Å². The van der Waals surface area contributed by atoms with Crippen molar-refractivity contribution in [2.45, 2.75) is 38.5 Å². The van der Waals surface area contributed by atoms with Gasteiger partial charge in [0.1, 0.15) is 0 Å². The van der Waals surface area contributed by atoms with Gasteiger partial charge in [-0.05, 0) is 38.0 Å². The van der Waals surface area contributed by atoms with E-state index < -0.39 is 5.97 Å². The molecule has 0 aromatic heterocycles. The smallest absolute Gasteiger partial charge is 0.306 e. The lowest BCUT2D eigenvalue weighted by Crippen LogP contribution is -2.32. The summed E-state index contributed by atoms with van der Waals surface area (Å²) in [5.41, 5.74) is 0. The summed E-state index contributed by atoms with van der Waals surface area (Å²) in [6.45, 7) is 1.29. The summed E-state index contributed by atoms with van der Waals surface area (Å²) >= 11 is 0. The second-order valence-electron chi connectivity index (χ2n) is 4.96. The first-order valence-corrected chi connectivity index (χ1v) is 6.62. The van der Waals surface area contributed by atoms with Crippen LogP contribution in [-0.4, -0.2) is 37.2 Å². The molecule has 0 aromatic carbocycles. The van der Waals surface area contributed by atoms with E-state index in [4.69, 9.17) is 9.84 Å². The topological polar surface area (TPSA) is 75.6 Å². The van der Waals surface area contributed by atoms with Crippen molar-refractivity contribution in [3.63, 3.8) is 0 Å². The van der Waals surface area contributed by atoms with Gasteiger partial charge in [0.25, 0.3) is 0 Å². The van der Waals surface area contributed by atoms with Crippen molar-refractivity contribution >= 4 is 11.9 Å². The number of rotatable bonds is 7. The number of carbonyl (C=O) groups excluding carboxylic acids is 1. The van der Waals surface area contributed by atoms with E-state index in [1.54, 1.807) is 7.11 Å². The molecule has 1 rings (SSSR count). The molecule has 18 heavy (non-hydrogen) atoms. The monoisotopic (exact) mass is 257 g/mol. The van der Waals surface area contributed by atoms with Gasteiger partial charge in [0.2, 0.25) is 5.91 Å². The quantitative estimate of drug-likeness (QED) is 0.676. The molecule has 1 saturated carbocycles. The fraction of sp³-hybridized carbons (Fsp3) is 0.846. The van der Waals surface area contributed by atoms with Gasteiger partial charge in [-0.3, -0.25) is 9.59 Å². The van der Waals surface area contributed by atoms with E-state index >= 15 is 0 Å². The third kappa shape index (κ3) is 5.49. The van der Waals surface area contributed by atoms with Gasteiger partial charge in [0, 0.05) is 26.7 Å². The number of carboxylic acid groups (broad SMARTS) is 1. The van der Waals surface area contributed by atoms with Crippen molar-refractivity contribution in [1.82, 2.24) is 5.32 Å². The van der Waals surface area contributed by atoms with E-state index in [2.05, 4.69) is 5.32 Å². The fourth-order valence-electron chi connectivity index (χ4n) is 2.34. The van der Waals surface area contributed by atoms with Crippen LogP contribution in [0.3, 0.4) is 0 Å². The van der Waals surface area contributed by atoms with Crippen LogP contribution >= 0.6 is 0 Å². The highest BCUT2D eigenvalue weighted by Gasteiger charge is 2.25. The molecule has 1 aliphatic carbocycles. The second kappa shape index (κ2) is 8.08. The summed E-state index contributed by atoms with van der Waals surface area (Å²) in [5.74, 6) is -0.366. The van der Waals surface area contributed by atoms with E-state index in [9.17, 15) is 9.59 Å². The summed E-state index contributed by atoms with van der Waals surface area (Å²) in [5, 5.41) is 11.8. The lowest BCUT2D eigenvalue weighted by molar-refractivity contribution is -0.143. The second-order valence-corrected chi connectivity index (χ2v) is 4.96. The van der Waals surface area contributed by atoms with Crippen LogP contribution in [0.25, 0.3) is 0 Å². The van der Waals surface area contributed by atoms with Crippen LogP contribution < -0.4 is 5.32 Å². The number of carboxylic acids is 1. The predicted molar refractivity (Wildman–Crippen MR) is 67.2 cm³/mol. The zero-order valence-electron chi connectivity index (χ0n) is 11.0. The van der Waals surface area contributed by atoms with Crippen LogP contribution in [0.4, 0.5) is 0 Å². The molecule has 0 aromatic rings. The molecule has 5 nitrogen and oxygen atoms in total. The first-order chi connectivity index (χ1) is 8.63. The van der Waals surface area contributed by atoms with E-state index in [-0.39, 0.29) is 11.8 Å². The van der Waals surface area contributed by atoms with Crippen molar-refractivity contribution in [2.24, 2.45) is 11.8 Å². The molecule has 0 spiro atoms. The molecule has 0 radical (unpaired) electrons. The van der Waals surface area contributed by atoms with Gasteiger partial charge in [-0.1, -0.05) is 0 Å². The standard InChI is InChI=1S/C13H23NO4/c1-18-8-2-3-12(15)14-9-10-4-6-11(7-5-10)13(16)17/h10-11H,2-9H2,1H3,(H,14,15)(H,16,17). The molecule has 0 unspecified atom stereocenters. The molecule has 1 amide bonds. The largest absolute Gasteiger partial charge is 0.481 e. The van der Waals surface area contributed by atoms with E-state index in [0.29, 0.717) is 25.5 Å². The number of amides is 1. The zero-order chi connectivity index (χ0) is 13.4. The number of methoxy groups -OCH3 is 1. The Labute approximate surface area is 108 Å². The van der Waals surface area contributed by atoms with Gasteiger partial charge >= 0.3 is 5.97 Å². The summed E-state index contributed by atoms with van der Waals surface area (Å²) in [4.78, 5) is 22.3. The minimum Gasteiger partial charge on any atom is -0.481 e.